The van der Waals surface area contributed by atoms with E-state index in [1.165, 1.54) is 19.2 Å². The standard InChI is InChI=1S/C34H33FN2O5/c1-22(2)32-31(34(41)36-26-12-8-5-9-13-26)30(23-10-6-4-7-11-23)33(24-14-16-25(35)17-15-24)37(32)19-18-27(38)20-28(39)21-29(40)42-3/h4-17,22H,18-21H2,1-3H3,(H,36,41). The van der Waals surface area contributed by atoms with E-state index in [1.54, 1.807) is 24.3 Å². The van der Waals surface area contributed by atoms with Gasteiger partial charge in [-0.05, 0) is 53.4 Å². The fourth-order valence-corrected chi connectivity index (χ4v) is 5.05. The lowest BCUT2D eigenvalue weighted by Crippen LogP contribution is -2.18. The molecule has 7 nitrogen and oxygen atoms in total. The van der Waals surface area contributed by atoms with Crippen LogP contribution in [0, 0.1) is 5.82 Å². The van der Waals surface area contributed by atoms with Crippen LogP contribution in [0.5, 0.6) is 0 Å². The largest absolute Gasteiger partial charge is 0.469 e. The number of benzene rings is 3. The maximum Gasteiger partial charge on any atom is 0.313 e. The molecule has 1 N–H and O–H groups in total. The molecule has 1 heterocycles. The minimum absolute atomic E-state index is 0.0104. The lowest BCUT2D eigenvalue weighted by molar-refractivity contribution is -0.143. The Morgan fingerprint density at radius 2 is 1.43 bits per heavy atom. The molecule has 216 valence electrons. The number of methoxy groups -OCH3 is 1. The van der Waals surface area contributed by atoms with Crippen LogP contribution in [0.25, 0.3) is 22.4 Å². The highest BCUT2D eigenvalue weighted by Gasteiger charge is 2.30. The van der Waals surface area contributed by atoms with Crippen molar-refractivity contribution in [1.29, 1.82) is 0 Å². The number of esters is 1. The van der Waals surface area contributed by atoms with Crippen molar-refractivity contribution in [2.45, 2.75) is 45.6 Å². The molecule has 0 unspecified atom stereocenters. The number of para-hydroxylation sites is 1. The fourth-order valence-electron chi connectivity index (χ4n) is 5.05. The first-order valence-electron chi connectivity index (χ1n) is 13.7. The molecule has 0 saturated heterocycles. The first kappa shape index (κ1) is 30.1. The maximum absolute atomic E-state index is 14.1. The van der Waals surface area contributed by atoms with Gasteiger partial charge in [0.2, 0.25) is 0 Å². The number of ether oxygens (including phenoxy) is 1. The second-order valence-electron chi connectivity index (χ2n) is 10.2. The molecule has 0 fully saturated rings. The summed E-state index contributed by atoms with van der Waals surface area (Å²) >= 11 is 0. The monoisotopic (exact) mass is 568 g/mol. The van der Waals surface area contributed by atoms with Gasteiger partial charge in [-0.15, -0.1) is 0 Å². The molecular formula is C34H33FN2O5. The van der Waals surface area contributed by atoms with Crippen molar-refractivity contribution < 1.29 is 28.3 Å². The van der Waals surface area contributed by atoms with Gasteiger partial charge in [-0.1, -0.05) is 62.4 Å². The van der Waals surface area contributed by atoms with Crippen molar-refractivity contribution in [2.24, 2.45) is 0 Å². The van der Waals surface area contributed by atoms with E-state index in [9.17, 15) is 23.6 Å². The van der Waals surface area contributed by atoms with Crippen molar-refractivity contribution in [2.75, 3.05) is 12.4 Å². The van der Waals surface area contributed by atoms with Crippen molar-refractivity contribution in [1.82, 2.24) is 4.57 Å². The number of carbonyl (C=O) groups is 4. The molecule has 0 spiro atoms. The van der Waals surface area contributed by atoms with Crippen molar-refractivity contribution >= 4 is 29.1 Å². The lowest BCUT2D eigenvalue weighted by atomic mass is 9.94. The summed E-state index contributed by atoms with van der Waals surface area (Å²) in [5, 5.41) is 3.01. The van der Waals surface area contributed by atoms with Gasteiger partial charge < -0.3 is 14.6 Å². The van der Waals surface area contributed by atoms with Gasteiger partial charge in [0.1, 0.15) is 18.0 Å². The van der Waals surface area contributed by atoms with Gasteiger partial charge in [-0.3, -0.25) is 19.2 Å². The van der Waals surface area contributed by atoms with Crippen LogP contribution < -0.4 is 5.32 Å². The Hall–Kier alpha value is -4.85. The zero-order valence-corrected chi connectivity index (χ0v) is 23.9. The first-order chi connectivity index (χ1) is 20.2. The maximum atomic E-state index is 14.1. The highest BCUT2D eigenvalue weighted by molar-refractivity contribution is 6.12. The minimum Gasteiger partial charge on any atom is -0.469 e. The molecule has 8 heteroatoms. The summed E-state index contributed by atoms with van der Waals surface area (Å²) in [4.78, 5) is 50.6. The summed E-state index contributed by atoms with van der Waals surface area (Å²) in [6.07, 6.45) is -0.874. The number of carbonyl (C=O) groups excluding carboxylic acids is 4. The van der Waals surface area contributed by atoms with Gasteiger partial charge in [0.05, 0.1) is 24.8 Å². The summed E-state index contributed by atoms with van der Waals surface area (Å²) in [5.41, 5.74) is 4.57. The van der Waals surface area contributed by atoms with E-state index in [2.05, 4.69) is 10.1 Å². The highest BCUT2D eigenvalue weighted by Crippen LogP contribution is 2.42. The highest BCUT2D eigenvalue weighted by atomic mass is 19.1. The predicted octanol–water partition coefficient (Wildman–Crippen LogP) is 6.82. The van der Waals surface area contributed by atoms with E-state index in [1.807, 2.05) is 66.9 Å². The molecule has 42 heavy (non-hydrogen) atoms. The van der Waals surface area contributed by atoms with Crippen LogP contribution in [0.15, 0.2) is 84.9 Å². The molecule has 0 bridgehead atoms. The summed E-state index contributed by atoms with van der Waals surface area (Å²) in [7, 11) is 1.18. The number of aromatic nitrogens is 1. The van der Waals surface area contributed by atoms with Gasteiger partial charge >= 0.3 is 5.97 Å². The predicted molar refractivity (Wildman–Crippen MR) is 160 cm³/mol. The fraction of sp³-hybridized carbons (Fsp3) is 0.235. The zero-order valence-electron chi connectivity index (χ0n) is 23.9. The minimum atomic E-state index is -0.694. The lowest BCUT2D eigenvalue weighted by Gasteiger charge is -2.17. The van der Waals surface area contributed by atoms with Crippen molar-refractivity contribution in [3.63, 3.8) is 0 Å². The number of rotatable bonds is 12. The van der Waals surface area contributed by atoms with Gasteiger partial charge in [-0.2, -0.15) is 0 Å². The smallest absolute Gasteiger partial charge is 0.313 e. The SMILES string of the molecule is COC(=O)CC(=O)CC(=O)CCn1c(-c2ccc(F)cc2)c(-c2ccccc2)c(C(=O)Nc2ccccc2)c1C(C)C. The first-order valence-corrected chi connectivity index (χ1v) is 13.7. The topological polar surface area (TPSA) is 94.5 Å². The average Bonchev–Trinajstić information content (AvgIpc) is 3.33. The number of Topliss-reactive ketones (excluding diaryl/α,β-unsaturated/α-hetero) is 2. The van der Waals surface area contributed by atoms with Crippen molar-refractivity contribution in [3.05, 3.63) is 102 Å². The summed E-state index contributed by atoms with van der Waals surface area (Å²) in [5.74, 6) is -2.41. The van der Waals surface area contributed by atoms with Gasteiger partial charge in [0.15, 0.2) is 5.78 Å². The van der Waals surface area contributed by atoms with Crippen LogP contribution >= 0.6 is 0 Å². The third kappa shape index (κ3) is 7.07. The quantitative estimate of drug-likeness (QED) is 0.150. The molecule has 0 radical (unpaired) electrons. The van der Waals surface area contributed by atoms with Gasteiger partial charge in [0, 0.05) is 29.9 Å². The van der Waals surface area contributed by atoms with Crippen LogP contribution in [0.3, 0.4) is 0 Å². The normalized spacial score (nSPS) is 10.9. The van der Waals surface area contributed by atoms with Gasteiger partial charge in [0.25, 0.3) is 5.91 Å². The Kier molecular flexibility index (Phi) is 9.81. The second-order valence-corrected chi connectivity index (χ2v) is 10.2. The Bertz CT molecular complexity index is 1580. The number of hydrogen-bond acceptors (Lipinski definition) is 5. The molecule has 3 aromatic carbocycles. The third-order valence-corrected chi connectivity index (χ3v) is 6.87. The molecule has 4 rings (SSSR count). The number of nitrogens with one attached hydrogen (secondary N) is 1. The van der Waals surface area contributed by atoms with E-state index in [-0.39, 0.29) is 30.6 Å². The number of halogens is 1. The van der Waals surface area contributed by atoms with Crippen LogP contribution in [0.2, 0.25) is 0 Å². The van der Waals surface area contributed by atoms with Crippen LogP contribution in [-0.2, 0) is 25.7 Å². The molecule has 0 aliphatic rings. The summed E-state index contributed by atoms with van der Waals surface area (Å²) in [6.45, 7) is 4.11. The Balaban J connectivity index is 1.87. The van der Waals surface area contributed by atoms with E-state index in [4.69, 9.17) is 0 Å². The molecule has 0 aliphatic heterocycles. The Labute approximate surface area is 244 Å². The van der Waals surface area contributed by atoms with Gasteiger partial charge in [-0.25, -0.2) is 4.39 Å². The van der Waals surface area contributed by atoms with Crippen LogP contribution in [-0.4, -0.2) is 35.1 Å². The number of ketones is 2. The van der Waals surface area contributed by atoms with E-state index >= 15 is 0 Å². The summed E-state index contributed by atoms with van der Waals surface area (Å²) < 4.78 is 20.5. The molecule has 4 aromatic rings. The molecule has 0 aliphatic carbocycles. The number of nitrogens with zero attached hydrogens (tertiary/aromatic N) is 1. The summed E-state index contributed by atoms with van der Waals surface area (Å²) in [6, 6.07) is 24.6. The number of anilines is 1. The molecular weight excluding hydrogens is 535 g/mol. The van der Waals surface area contributed by atoms with Crippen molar-refractivity contribution in [3.8, 4) is 22.4 Å². The van der Waals surface area contributed by atoms with Crippen LogP contribution in [0.4, 0.5) is 10.1 Å². The molecule has 1 aromatic heterocycles. The Morgan fingerprint density at radius 3 is 2.02 bits per heavy atom. The number of hydrogen-bond donors (Lipinski definition) is 1. The Morgan fingerprint density at radius 1 is 0.810 bits per heavy atom. The molecule has 0 saturated carbocycles. The van der Waals surface area contributed by atoms with E-state index in [0.29, 0.717) is 33.8 Å². The van der Waals surface area contributed by atoms with E-state index < -0.39 is 30.4 Å². The average molecular weight is 569 g/mol. The molecule has 0 atom stereocenters. The third-order valence-electron chi connectivity index (χ3n) is 6.87. The second kappa shape index (κ2) is 13.7. The van der Waals surface area contributed by atoms with E-state index in [0.717, 1.165) is 5.56 Å². The number of amides is 1. The zero-order chi connectivity index (χ0) is 30.2. The van der Waals surface area contributed by atoms with Crippen LogP contribution in [0.1, 0.15) is 55.1 Å². The molecule has 1 amide bonds.